The Hall–Kier alpha value is -1.68. The van der Waals surface area contributed by atoms with E-state index in [0.717, 1.165) is 5.76 Å². The van der Waals surface area contributed by atoms with Gasteiger partial charge in [-0.05, 0) is 18.2 Å². The SMILES string of the molecule is O=C(NCCc1ccco1)c1cc(Cl)c[nH]1. The van der Waals surface area contributed by atoms with Gasteiger partial charge in [0.2, 0.25) is 0 Å². The molecule has 0 aromatic carbocycles. The number of halogens is 1. The van der Waals surface area contributed by atoms with Gasteiger partial charge >= 0.3 is 0 Å². The van der Waals surface area contributed by atoms with Crippen LogP contribution in [0.2, 0.25) is 5.02 Å². The van der Waals surface area contributed by atoms with E-state index in [1.807, 2.05) is 12.1 Å². The van der Waals surface area contributed by atoms with Gasteiger partial charge in [-0.25, -0.2) is 0 Å². The number of aromatic nitrogens is 1. The minimum absolute atomic E-state index is 0.168. The summed E-state index contributed by atoms with van der Waals surface area (Å²) in [6, 6.07) is 5.28. The summed E-state index contributed by atoms with van der Waals surface area (Å²) < 4.78 is 5.14. The third-order valence-corrected chi connectivity index (χ3v) is 2.35. The zero-order chi connectivity index (χ0) is 11.4. The largest absolute Gasteiger partial charge is 0.469 e. The van der Waals surface area contributed by atoms with Crippen molar-refractivity contribution in [2.24, 2.45) is 0 Å². The van der Waals surface area contributed by atoms with Crippen molar-refractivity contribution in [2.75, 3.05) is 6.54 Å². The van der Waals surface area contributed by atoms with Crippen LogP contribution in [0, 0.1) is 0 Å². The van der Waals surface area contributed by atoms with E-state index >= 15 is 0 Å². The van der Waals surface area contributed by atoms with Gasteiger partial charge in [-0.3, -0.25) is 4.79 Å². The first-order valence-electron chi connectivity index (χ1n) is 4.90. The number of nitrogens with one attached hydrogen (secondary N) is 2. The highest BCUT2D eigenvalue weighted by molar-refractivity contribution is 6.30. The maximum Gasteiger partial charge on any atom is 0.267 e. The quantitative estimate of drug-likeness (QED) is 0.858. The fraction of sp³-hybridized carbons (Fsp3) is 0.182. The van der Waals surface area contributed by atoms with Crippen LogP contribution in [-0.2, 0) is 6.42 Å². The van der Waals surface area contributed by atoms with Gasteiger partial charge in [0.05, 0.1) is 11.3 Å². The van der Waals surface area contributed by atoms with Crippen molar-refractivity contribution >= 4 is 17.5 Å². The number of H-pyrrole nitrogens is 1. The lowest BCUT2D eigenvalue weighted by Gasteiger charge is -2.01. The van der Waals surface area contributed by atoms with E-state index in [1.165, 1.54) is 0 Å². The summed E-state index contributed by atoms with van der Waals surface area (Å²) in [5.74, 6) is 0.684. The third kappa shape index (κ3) is 2.67. The number of aromatic amines is 1. The molecule has 0 saturated carbocycles. The topological polar surface area (TPSA) is 58.0 Å². The summed E-state index contributed by atoms with van der Waals surface area (Å²) in [6.07, 6.45) is 3.86. The van der Waals surface area contributed by atoms with E-state index in [-0.39, 0.29) is 5.91 Å². The van der Waals surface area contributed by atoms with Gasteiger partial charge in [-0.2, -0.15) is 0 Å². The third-order valence-electron chi connectivity index (χ3n) is 2.13. The Kier molecular flexibility index (Phi) is 3.31. The van der Waals surface area contributed by atoms with Gasteiger partial charge < -0.3 is 14.7 Å². The van der Waals surface area contributed by atoms with E-state index in [1.54, 1.807) is 18.5 Å². The Labute approximate surface area is 97.6 Å². The predicted octanol–water partition coefficient (Wildman–Crippen LogP) is 2.23. The molecule has 0 aliphatic rings. The Morgan fingerprint density at radius 2 is 2.44 bits per heavy atom. The highest BCUT2D eigenvalue weighted by atomic mass is 35.5. The minimum Gasteiger partial charge on any atom is -0.469 e. The molecule has 2 aromatic rings. The fourth-order valence-corrected chi connectivity index (χ4v) is 1.51. The molecule has 0 bridgehead atoms. The van der Waals surface area contributed by atoms with Crippen molar-refractivity contribution in [1.82, 2.24) is 10.3 Å². The molecule has 4 nitrogen and oxygen atoms in total. The van der Waals surface area contributed by atoms with Gasteiger partial charge in [-0.1, -0.05) is 11.6 Å². The van der Waals surface area contributed by atoms with Gasteiger partial charge in [0.25, 0.3) is 5.91 Å². The van der Waals surface area contributed by atoms with Gasteiger partial charge in [0.15, 0.2) is 0 Å². The molecule has 0 spiro atoms. The van der Waals surface area contributed by atoms with Crippen molar-refractivity contribution in [2.45, 2.75) is 6.42 Å². The molecule has 2 aromatic heterocycles. The van der Waals surface area contributed by atoms with E-state index < -0.39 is 0 Å². The predicted molar refractivity (Wildman–Crippen MR) is 60.5 cm³/mol. The van der Waals surface area contributed by atoms with Crippen molar-refractivity contribution in [3.63, 3.8) is 0 Å². The van der Waals surface area contributed by atoms with Crippen LogP contribution >= 0.6 is 11.6 Å². The van der Waals surface area contributed by atoms with Crippen molar-refractivity contribution < 1.29 is 9.21 Å². The lowest BCUT2D eigenvalue weighted by atomic mass is 10.3. The average molecular weight is 239 g/mol. The Balaban J connectivity index is 1.80. The molecule has 2 heterocycles. The van der Waals surface area contributed by atoms with Gasteiger partial charge in [-0.15, -0.1) is 0 Å². The number of rotatable bonds is 4. The van der Waals surface area contributed by atoms with Crippen LogP contribution in [0.3, 0.4) is 0 Å². The molecule has 5 heteroatoms. The maximum atomic E-state index is 11.6. The van der Waals surface area contributed by atoms with E-state index in [4.69, 9.17) is 16.0 Å². The number of hydrogen-bond acceptors (Lipinski definition) is 2. The van der Waals surface area contributed by atoms with Crippen molar-refractivity contribution in [1.29, 1.82) is 0 Å². The van der Waals surface area contributed by atoms with Crippen molar-refractivity contribution in [3.05, 3.63) is 47.1 Å². The lowest BCUT2D eigenvalue weighted by molar-refractivity contribution is 0.0949. The molecule has 16 heavy (non-hydrogen) atoms. The summed E-state index contributed by atoms with van der Waals surface area (Å²) in [7, 11) is 0. The fourth-order valence-electron chi connectivity index (χ4n) is 1.35. The molecular formula is C11H11ClN2O2. The molecule has 0 unspecified atom stereocenters. The molecule has 0 aliphatic heterocycles. The number of carbonyl (C=O) groups is 1. The highest BCUT2D eigenvalue weighted by Gasteiger charge is 2.07. The molecule has 0 fully saturated rings. The van der Waals surface area contributed by atoms with Crippen LogP contribution < -0.4 is 5.32 Å². The summed E-state index contributed by atoms with van der Waals surface area (Å²) in [6.45, 7) is 0.531. The van der Waals surface area contributed by atoms with Crippen molar-refractivity contribution in [3.8, 4) is 0 Å². The molecule has 2 N–H and O–H groups in total. The van der Waals surface area contributed by atoms with Gasteiger partial charge in [0.1, 0.15) is 11.5 Å². The van der Waals surface area contributed by atoms with Crippen LogP contribution in [0.4, 0.5) is 0 Å². The number of furan rings is 1. The Bertz CT molecular complexity index is 462. The number of hydrogen-bond donors (Lipinski definition) is 2. The first-order chi connectivity index (χ1) is 7.75. The zero-order valence-electron chi connectivity index (χ0n) is 8.50. The zero-order valence-corrected chi connectivity index (χ0v) is 9.25. The van der Waals surface area contributed by atoms with Crippen LogP contribution in [0.25, 0.3) is 0 Å². The van der Waals surface area contributed by atoms with Crippen LogP contribution in [0.15, 0.2) is 35.1 Å². The molecule has 0 saturated heterocycles. The lowest BCUT2D eigenvalue weighted by Crippen LogP contribution is -2.25. The molecule has 0 atom stereocenters. The minimum atomic E-state index is -0.168. The van der Waals surface area contributed by atoms with Crippen LogP contribution in [0.5, 0.6) is 0 Å². The van der Waals surface area contributed by atoms with Gasteiger partial charge in [0, 0.05) is 19.2 Å². The standard InChI is InChI=1S/C11H11ClN2O2/c12-8-6-10(14-7-8)11(15)13-4-3-9-2-1-5-16-9/h1-2,5-7,14H,3-4H2,(H,13,15). The van der Waals surface area contributed by atoms with E-state index in [2.05, 4.69) is 10.3 Å². The maximum absolute atomic E-state index is 11.6. The monoisotopic (exact) mass is 238 g/mol. The van der Waals surface area contributed by atoms with Crippen LogP contribution in [0.1, 0.15) is 16.2 Å². The first kappa shape index (κ1) is 10.8. The number of carbonyl (C=O) groups excluding carboxylic acids is 1. The number of amides is 1. The summed E-state index contributed by atoms with van der Waals surface area (Å²) >= 11 is 5.69. The normalized spacial score (nSPS) is 10.3. The summed E-state index contributed by atoms with van der Waals surface area (Å²) in [5, 5.41) is 3.29. The Morgan fingerprint density at radius 3 is 3.06 bits per heavy atom. The highest BCUT2D eigenvalue weighted by Crippen LogP contribution is 2.09. The molecule has 2 rings (SSSR count). The molecule has 0 aliphatic carbocycles. The summed E-state index contributed by atoms with van der Waals surface area (Å²) in [5.41, 5.74) is 0.462. The second kappa shape index (κ2) is 4.90. The molecule has 1 amide bonds. The van der Waals surface area contributed by atoms with E-state index in [9.17, 15) is 4.79 Å². The second-order valence-corrected chi connectivity index (χ2v) is 3.75. The smallest absolute Gasteiger partial charge is 0.267 e. The molecule has 0 radical (unpaired) electrons. The Morgan fingerprint density at radius 1 is 1.56 bits per heavy atom. The summed E-state index contributed by atoms with van der Waals surface area (Å²) in [4.78, 5) is 14.3. The first-order valence-corrected chi connectivity index (χ1v) is 5.28. The molecular weight excluding hydrogens is 228 g/mol. The van der Waals surface area contributed by atoms with E-state index in [0.29, 0.717) is 23.7 Å². The average Bonchev–Trinajstić information content (AvgIpc) is 2.89. The van der Waals surface area contributed by atoms with Crippen LogP contribution in [-0.4, -0.2) is 17.4 Å². The molecule has 84 valence electrons. The second-order valence-electron chi connectivity index (χ2n) is 3.32.